The molecule has 0 aromatic carbocycles. The van der Waals surface area contributed by atoms with Crippen LogP contribution in [-0.2, 0) is 21.0 Å². The third kappa shape index (κ3) is 23.9. The van der Waals surface area contributed by atoms with Crippen molar-refractivity contribution < 1.29 is 4.79 Å². The van der Waals surface area contributed by atoms with E-state index in [1.807, 2.05) is 54.8 Å². The highest BCUT2D eigenvalue weighted by Gasteiger charge is 2.19. The molecule has 276 valence electrons. The summed E-state index contributed by atoms with van der Waals surface area (Å²) < 4.78 is 0. The fraction of sp³-hybridized carbons (Fsp3) is 0.737. The molecule has 0 aliphatic carbocycles. The Bertz CT molecular complexity index is 1160. The normalized spacial score (nSPS) is 11.3. The zero-order chi connectivity index (χ0) is 36.0. The number of nitrogens with one attached hydrogen (secondary N) is 5. The highest BCUT2D eigenvalue weighted by molar-refractivity contribution is 5.80. The van der Waals surface area contributed by atoms with Gasteiger partial charge in [0.2, 0.25) is 5.91 Å². The van der Waals surface area contributed by atoms with E-state index in [0.29, 0.717) is 5.41 Å². The summed E-state index contributed by atoms with van der Waals surface area (Å²) in [6.07, 6.45) is 3.61. The number of hydrogen-bond donors (Lipinski definition) is 5. The van der Waals surface area contributed by atoms with Crippen LogP contribution in [0.15, 0.2) is 18.6 Å². The van der Waals surface area contributed by atoms with Gasteiger partial charge in [-0.25, -0.2) is 9.97 Å². The van der Waals surface area contributed by atoms with Crippen LogP contribution >= 0.6 is 0 Å². The van der Waals surface area contributed by atoms with Gasteiger partial charge in [0.15, 0.2) is 0 Å². The highest BCUT2D eigenvalue weighted by Crippen LogP contribution is 2.22. The van der Waals surface area contributed by atoms with Gasteiger partial charge in [-0.3, -0.25) is 9.89 Å². The van der Waals surface area contributed by atoms with E-state index in [4.69, 9.17) is 0 Å². The van der Waals surface area contributed by atoms with Crippen LogP contribution in [0.1, 0.15) is 153 Å². The molecule has 1 amide bonds. The van der Waals surface area contributed by atoms with Crippen molar-refractivity contribution in [1.29, 1.82) is 0 Å². The highest BCUT2D eigenvalue weighted by atomic mass is 16.2. The van der Waals surface area contributed by atoms with Crippen LogP contribution in [0.25, 0.3) is 0 Å². The number of carbonyl (C=O) groups excluding carboxylic acids is 1. The monoisotopic (exact) mass is 663 g/mol. The van der Waals surface area contributed by atoms with E-state index in [-0.39, 0.29) is 42.4 Å². The lowest BCUT2D eigenvalue weighted by molar-refractivity contribution is -0.127. The lowest BCUT2D eigenvalue weighted by Gasteiger charge is -2.16. The van der Waals surface area contributed by atoms with E-state index in [1.54, 1.807) is 13.4 Å². The minimum Gasteiger partial charge on any atom is -0.359 e. The van der Waals surface area contributed by atoms with E-state index >= 15 is 0 Å². The molecular formula is C38H78N8O. The molecule has 0 atom stereocenters. The zero-order valence-corrected chi connectivity index (χ0v) is 32.7. The van der Waals surface area contributed by atoms with Gasteiger partial charge in [-0.2, -0.15) is 5.10 Å². The molecule has 3 rings (SSSR count). The van der Waals surface area contributed by atoms with Crippen LogP contribution in [0.4, 0.5) is 0 Å². The third-order valence-electron chi connectivity index (χ3n) is 6.04. The number of aromatic amines is 3. The van der Waals surface area contributed by atoms with E-state index in [1.165, 1.54) is 5.69 Å². The van der Waals surface area contributed by atoms with Gasteiger partial charge in [0.05, 0.1) is 17.7 Å². The van der Waals surface area contributed by atoms with Crippen LogP contribution < -0.4 is 10.6 Å². The Balaban J connectivity index is -0.000000245. The zero-order valence-electron chi connectivity index (χ0n) is 32.7. The fourth-order valence-electron chi connectivity index (χ4n) is 3.62. The summed E-state index contributed by atoms with van der Waals surface area (Å²) >= 11 is 0. The molecule has 0 aliphatic rings. The first-order chi connectivity index (χ1) is 20.1. The lowest BCUT2D eigenvalue weighted by Crippen LogP contribution is -2.31. The average Bonchev–Trinajstić information content (AvgIpc) is 3.59. The van der Waals surface area contributed by atoms with Crippen molar-refractivity contribution in [1.82, 2.24) is 40.8 Å². The second kappa shape index (κ2) is 21.1. The van der Waals surface area contributed by atoms with Crippen molar-refractivity contribution in [2.75, 3.05) is 20.6 Å². The second-order valence-electron chi connectivity index (χ2n) is 16.9. The molecule has 0 bridgehead atoms. The standard InChI is InChI=1S/3C8H14N2.C6H13NO.C6H15N.2CH4/c1-6-7(8(2,3)4)10-5-9-6;1-6-5-9-7(10-6)8(2,3)4;1-6-5-7(10-9-6)8(2,3)4;1-6(2,3)5(8)7-4;1-6(2,3)5-7-4;;/h3*5H,1-4H3,(H,9,10);1-4H3,(H,7,8);7H,5H2,1-4H3;2*1H4. The van der Waals surface area contributed by atoms with Crippen LogP contribution in [0, 0.1) is 31.6 Å². The van der Waals surface area contributed by atoms with Crippen molar-refractivity contribution in [2.24, 2.45) is 10.8 Å². The average molecular weight is 663 g/mol. The molecule has 47 heavy (non-hydrogen) atoms. The molecule has 0 aliphatic heterocycles. The number of H-pyrrole nitrogens is 3. The fourth-order valence-corrected chi connectivity index (χ4v) is 3.62. The molecule has 3 aromatic heterocycles. The number of aryl methyl sites for hydroxylation is 3. The second-order valence-corrected chi connectivity index (χ2v) is 16.9. The summed E-state index contributed by atoms with van der Waals surface area (Å²) in [5.41, 5.74) is 6.41. The maximum atomic E-state index is 10.7. The van der Waals surface area contributed by atoms with Crippen LogP contribution in [0.3, 0.4) is 0 Å². The number of carbonyl (C=O) groups is 1. The van der Waals surface area contributed by atoms with Crippen LogP contribution in [-0.4, -0.2) is 56.7 Å². The molecule has 0 saturated heterocycles. The molecule has 3 heterocycles. The van der Waals surface area contributed by atoms with Gasteiger partial charge in [-0.05, 0) is 45.8 Å². The predicted molar refractivity (Wildman–Crippen MR) is 206 cm³/mol. The topological polar surface area (TPSA) is 127 Å². The Morgan fingerprint density at radius 3 is 1.38 bits per heavy atom. The summed E-state index contributed by atoms with van der Waals surface area (Å²) in [5.74, 6) is 1.14. The van der Waals surface area contributed by atoms with Crippen molar-refractivity contribution in [2.45, 2.75) is 156 Å². The minimum atomic E-state index is -0.241. The summed E-state index contributed by atoms with van der Waals surface area (Å²) in [6.45, 7) is 38.8. The van der Waals surface area contributed by atoms with Crippen molar-refractivity contribution in [3.05, 3.63) is 52.9 Å². The van der Waals surface area contributed by atoms with Gasteiger partial charge in [0, 0.05) is 52.0 Å². The Labute approximate surface area is 291 Å². The third-order valence-corrected chi connectivity index (χ3v) is 6.04. The maximum Gasteiger partial charge on any atom is 0.225 e. The molecule has 0 spiro atoms. The lowest BCUT2D eigenvalue weighted by atomic mass is 9.91. The van der Waals surface area contributed by atoms with Crippen LogP contribution in [0.5, 0.6) is 0 Å². The van der Waals surface area contributed by atoms with E-state index < -0.39 is 0 Å². The first-order valence-corrected chi connectivity index (χ1v) is 16.0. The van der Waals surface area contributed by atoms with Gasteiger partial charge in [-0.15, -0.1) is 0 Å². The van der Waals surface area contributed by atoms with Crippen molar-refractivity contribution in [3.8, 4) is 0 Å². The number of imidazole rings is 2. The minimum absolute atomic E-state index is 0. The molecule has 0 unspecified atom stereocenters. The molecule has 0 radical (unpaired) electrons. The Morgan fingerprint density at radius 2 is 1.26 bits per heavy atom. The molecule has 0 saturated carbocycles. The summed E-state index contributed by atoms with van der Waals surface area (Å²) in [4.78, 5) is 25.5. The maximum absolute atomic E-state index is 10.7. The van der Waals surface area contributed by atoms with Gasteiger partial charge < -0.3 is 20.6 Å². The Morgan fingerprint density at radius 1 is 0.745 bits per heavy atom. The van der Waals surface area contributed by atoms with Gasteiger partial charge in [-0.1, -0.05) is 119 Å². The van der Waals surface area contributed by atoms with Gasteiger partial charge in [0.1, 0.15) is 5.82 Å². The Kier molecular flexibility index (Phi) is 22.9. The molecule has 9 nitrogen and oxygen atoms in total. The van der Waals surface area contributed by atoms with Gasteiger partial charge >= 0.3 is 0 Å². The number of hydrogen-bond acceptors (Lipinski definition) is 5. The quantitative estimate of drug-likeness (QED) is 0.177. The number of aromatic nitrogens is 6. The number of rotatable bonds is 1. The summed E-state index contributed by atoms with van der Waals surface area (Å²) in [7, 11) is 3.62. The first kappa shape index (κ1) is 50.9. The van der Waals surface area contributed by atoms with E-state index in [9.17, 15) is 4.79 Å². The molecule has 9 heteroatoms. The van der Waals surface area contributed by atoms with Crippen molar-refractivity contribution >= 4 is 5.91 Å². The summed E-state index contributed by atoms with van der Waals surface area (Å²) in [6, 6.07) is 2.08. The van der Waals surface area contributed by atoms with Crippen LogP contribution in [0.2, 0.25) is 0 Å². The number of amides is 1. The Hall–Kier alpha value is -2.94. The smallest absolute Gasteiger partial charge is 0.225 e. The SMILES string of the molecule is C.C.CNC(=O)C(C)(C)C.CNCC(C)(C)C.Cc1[nH]cnc1C(C)(C)C.Cc1cc(C(C)(C)C)n[nH]1.Cc1cnc(C(C)(C)C)[nH]1. The van der Waals surface area contributed by atoms with Gasteiger partial charge in [0.25, 0.3) is 0 Å². The number of nitrogens with zero attached hydrogens (tertiary/aromatic N) is 3. The molecule has 0 fully saturated rings. The van der Waals surface area contributed by atoms with E-state index in [2.05, 4.69) is 130 Å². The molecule has 3 aromatic rings. The van der Waals surface area contributed by atoms with Crippen molar-refractivity contribution in [3.63, 3.8) is 0 Å². The van der Waals surface area contributed by atoms with E-state index in [0.717, 1.165) is 35.1 Å². The first-order valence-electron chi connectivity index (χ1n) is 16.0. The largest absolute Gasteiger partial charge is 0.359 e. The molecular weight excluding hydrogens is 584 g/mol. The predicted octanol–water partition coefficient (Wildman–Crippen LogP) is 9.35. The molecule has 5 N–H and O–H groups in total. The summed E-state index contributed by atoms with van der Waals surface area (Å²) in [5, 5.41) is 12.8.